The Bertz CT molecular complexity index is 445. The highest BCUT2D eigenvalue weighted by atomic mass is 16.4. The molecule has 4 nitrogen and oxygen atoms in total. The van der Waals surface area contributed by atoms with Gasteiger partial charge >= 0.3 is 0 Å². The largest absolute Gasteiger partial charge is 0.420 e. The summed E-state index contributed by atoms with van der Waals surface area (Å²) in [6.45, 7) is 5.98. The van der Waals surface area contributed by atoms with Crippen LogP contribution in [0, 0.1) is 6.92 Å². The zero-order chi connectivity index (χ0) is 10.8. The molecule has 0 aliphatic heterocycles. The first-order chi connectivity index (χ1) is 7.16. The zero-order valence-corrected chi connectivity index (χ0v) is 9.06. The Morgan fingerprint density at radius 3 is 2.53 bits per heavy atom. The monoisotopic (exact) mass is 203 g/mol. The van der Waals surface area contributed by atoms with E-state index in [0.717, 1.165) is 11.3 Å². The average molecular weight is 203 g/mol. The van der Waals surface area contributed by atoms with Gasteiger partial charge < -0.3 is 4.42 Å². The van der Waals surface area contributed by atoms with Gasteiger partial charge in [-0.15, -0.1) is 10.2 Å². The summed E-state index contributed by atoms with van der Waals surface area (Å²) in [4.78, 5) is 4.18. The molecule has 4 heteroatoms. The Morgan fingerprint density at radius 1 is 1.20 bits per heavy atom. The van der Waals surface area contributed by atoms with Crippen LogP contribution in [0.15, 0.2) is 22.7 Å². The Labute approximate surface area is 88.4 Å². The van der Waals surface area contributed by atoms with Gasteiger partial charge in [-0.2, -0.15) is 0 Å². The Hall–Kier alpha value is -1.71. The SMILES string of the molecule is Cc1ccc(-c2nnc(C(C)C)o2)cn1. The Morgan fingerprint density at radius 2 is 2.00 bits per heavy atom. The molecular weight excluding hydrogens is 190 g/mol. The third-order valence-electron chi connectivity index (χ3n) is 2.09. The van der Waals surface area contributed by atoms with Crippen LogP contribution in [0.4, 0.5) is 0 Å². The molecule has 0 unspecified atom stereocenters. The fourth-order valence-electron chi connectivity index (χ4n) is 1.18. The van der Waals surface area contributed by atoms with E-state index in [9.17, 15) is 0 Å². The first-order valence-corrected chi connectivity index (χ1v) is 4.93. The fourth-order valence-corrected chi connectivity index (χ4v) is 1.18. The van der Waals surface area contributed by atoms with Crippen molar-refractivity contribution in [3.63, 3.8) is 0 Å². The molecule has 0 aliphatic rings. The highest BCUT2D eigenvalue weighted by Gasteiger charge is 2.10. The van der Waals surface area contributed by atoms with Gasteiger partial charge in [0, 0.05) is 17.8 Å². The van der Waals surface area contributed by atoms with Crippen molar-refractivity contribution in [3.8, 4) is 11.5 Å². The summed E-state index contributed by atoms with van der Waals surface area (Å²) in [6.07, 6.45) is 1.74. The normalized spacial score (nSPS) is 10.9. The molecule has 0 fully saturated rings. The Balaban J connectivity index is 2.33. The lowest BCUT2D eigenvalue weighted by atomic mass is 10.2. The van der Waals surface area contributed by atoms with Gasteiger partial charge in [0.1, 0.15) is 0 Å². The van der Waals surface area contributed by atoms with Gasteiger partial charge in [-0.3, -0.25) is 4.98 Å². The van der Waals surface area contributed by atoms with E-state index in [2.05, 4.69) is 15.2 Å². The maximum atomic E-state index is 5.51. The van der Waals surface area contributed by atoms with Gasteiger partial charge in [0.2, 0.25) is 11.8 Å². The lowest BCUT2D eigenvalue weighted by molar-refractivity contribution is 0.481. The number of rotatable bonds is 2. The van der Waals surface area contributed by atoms with Gasteiger partial charge in [-0.25, -0.2) is 0 Å². The summed E-state index contributed by atoms with van der Waals surface area (Å²) < 4.78 is 5.51. The van der Waals surface area contributed by atoms with Crippen molar-refractivity contribution in [1.29, 1.82) is 0 Å². The molecule has 2 rings (SSSR count). The van der Waals surface area contributed by atoms with Gasteiger partial charge in [-0.05, 0) is 19.1 Å². The molecular formula is C11H13N3O. The van der Waals surface area contributed by atoms with Crippen molar-refractivity contribution < 1.29 is 4.42 Å². The van der Waals surface area contributed by atoms with E-state index in [4.69, 9.17) is 4.42 Å². The standard InChI is InChI=1S/C11H13N3O/c1-7(2)10-13-14-11(15-10)9-5-4-8(3)12-6-9/h4-7H,1-3H3. The molecule has 0 bridgehead atoms. The summed E-state index contributed by atoms with van der Waals surface area (Å²) in [7, 11) is 0. The molecule has 78 valence electrons. The van der Waals surface area contributed by atoms with E-state index in [1.165, 1.54) is 0 Å². The van der Waals surface area contributed by atoms with E-state index in [-0.39, 0.29) is 5.92 Å². The minimum Gasteiger partial charge on any atom is -0.420 e. The highest BCUT2D eigenvalue weighted by Crippen LogP contribution is 2.20. The number of aryl methyl sites for hydroxylation is 1. The lowest BCUT2D eigenvalue weighted by Gasteiger charge is -1.96. The zero-order valence-electron chi connectivity index (χ0n) is 9.06. The van der Waals surface area contributed by atoms with Crippen LogP contribution in [-0.2, 0) is 0 Å². The van der Waals surface area contributed by atoms with Gasteiger partial charge in [0.25, 0.3) is 0 Å². The Kier molecular flexibility index (Phi) is 2.49. The quantitative estimate of drug-likeness (QED) is 0.752. The van der Waals surface area contributed by atoms with Crippen LogP contribution in [0.1, 0.15) is 31.4 Å². The van der Waals surface area contributed by atoms with Crippen LogP contribution >= 0.6 is 0 Å². The first kappa shape index (κ1) is 9.83. The van der Waals surface area contributed by atoms with Crippen molar-refractivity contribution >= 4 is 0 Å². The molecule has 0 saturated heterocycles. The molecule has 0 N–H and O–H groups in total. The summed E-state index contributed by atoms with van der Waals surface area (Å²) >= 11 is 0. The van der Waals surface area contributed by atoms with Crippen molar-refractivity contribution in [2.45, 2.75) is 26.7 Å². The summed E-state index contributed by atoms with van der Waals surface area (Å²) in [5.41, 5.74) is 1.84. The predicted octanol–water partition coefficient (Wildman–Crippen LogP) is 2.56. The molecule has 0 atom stereocenters. The third kappa shape index (κ3) is 2.03. The van der Waals surface area contributed by atoms with E-state index in [0.29, 0.717) is 11.8 Å². The number of hydrogen-bond acceptors (Lipinski definition) is 4. The number of nitrogens with zero attached hydrogens (tertiary/aromatic N) is 3. The number of hydrogen-bond donors (Lipinski definition) is 0. The van der Waals surface area contributed by atoms with Crippen molar-refractivity contribution in [2.24, 2.45) is 0 Å². The molecule has 0 aromatic carbocycles. The molecule has 0 amide bonds. The van der Waals surface area contributed by atoms with Gasteiger partial charge in [-0.1, -0.05) is 13.8 Å². The second kappa shape index (κ2) is 3.81. The first-order valence-electron chi connectivity index (χ1n) is 4.93. The van der Waals surface area contributed by atoms with E-state index >= 15 is 0 Å². The molecule has 15 heavy (non-hydrogen) atoms. The van der Waals surface area contributed by atoms with Crippen LogP contribution in [0.5, 0.6) is 0 Å². The van der Waals surface area contributed by atoms with E-state index in [1.54, 1.807) is 6.20 Å². The molecule has 0 radical (unpaired) electrons. The molecule has 2 aromatic rings. The molecule has 0 saturated carbocycles. The van der Waals surface area contributed by atoms with E-state index < -0.39 is 0 Å². The maximum absolute atomic E-state index is 5.51. The second-order valence-electron chi connectivity index (χ2n) is 3.79. The molecule has 0 aliphatic carbocycles. The van der Waals surface area contributed by atoms with Gasteiger partial charge in [0.05, 0.1) is 5.56 Å². The summed E-state index contributed by atoms with van der Waals surface area (Å²) in [5.74, 6) is 1.45. The predicted molar refractivity (Wildman–Crippen MR) is 56.4 cm³/mol. The van der Waals surface area contributed by atoms with Crippen molar-refractivity contribution in [3.05, 3.63) is 29.9 Å². The smallest absolute Gasteiger partial charge is 0.249 e. The minimum atomic E-state index is 0.254. The van der Waals surface area contributed by atoms with Crippen molar-refractivity contribution in [2.75, 3.05) is 0 Å². The fraction of sp³-hybridized carbons (Fsp3) is 0.364. The highest BCUT2D eigenvalue weighted by molar-refractivity contribution is 5.50. The second-order valence-corrected chi connectivity index (χ2v) is 3.79. The topological polar surface area (TPSA) is 51.8 Å². The van der Waals surface area contributed by atoms with Crippen LogP contribution in [-0.4, -0.2) is 15.2 Å². The van der Waals surface area contributed by atoms with E-state index in [1.807, 2.05) is 32.9 Å². The molecule has 2 aromatic heterocycles. The van der Waals surface area contributed by atoms with Crippen LogP contribution in [0.2, 0.25) is 0 Å². The number of pyridine rings is 1. The summed E-state index contributed by atoms with van der Waals surface area (Å²) in [5, 5.41) is 7.95. The van der Waals surface area contributed by atoms with Crippen molar-refractivity contribution in [1.82, 2.24) is 15.2 Å². The molecule has 2 heterocycles. The molecule has 0 spiro atoms. The summed E-state index contributed by atoms with van der Waals surface area (Å²) in [6, 6.07) is 3.86. The maximum Gasteiger partial charge on any atom is 0.249 e. The number of aromatic nitrogens is 3. The van der Waals surface area contributed by atoms with Crippen LogP contribution in [0.3, 0.4) is 0 Å². The minimum absolute atomic E-state index is 0.254. The third-order valence-corrected chi connectivity index (χ3v) is 2.09. The van der Waals surface area contributed by atoms with Crippen LogP contribution in [0.25, 0.3) is 11.5 Å². The van der Waals surface area contributed by atoms with Gasteiger partial charge in [0.15, 0.2) is 0 Å². The average Bonchev–Trinajstić information content (AvgIpc) is 2.68. The lowest BCUT2D eigenvalue weighted by Crippen LogP contribution is -1.85. The van der Waals surface area contributed by atoms with Crippen LogP contribution < -0.4 is 0 Å².